The number of rotatable bonds is 2. The molecule has 0 aliphatic heterocycles. The molecule has 0 bridgehead atoms. The molecule has 2 aromatic heterocycles. The third kappa shape index (κ3) is 2.38. The third-order valence-corrected chi connectivity index (χ3v) is 3.39. The first kappa shape index (κ1) is 11.1. The maximum atomic E-state index is 5.49. The van der Waals surface area contributed by atoms with E-state index in [0.29, 0.717) is 12.4 Å². The predicted octanol–water partition coefficient (Wildman–Crippen LogP) is 1.66. The van der Waals surface area contributed by atoms with Crippen LogP contribution in [0.4, 0.5) is 5.82 Å². The van der Waals surface area contributed by atoms with Gasteiger partial charge in [0.25, 0.3) is 0 Å². The number of nitrogens with two attached hydrogens (primary N) is 1. The molecule has 0 amide bonds. The average Bonchev–Trinajstić information content (AvgIpc) is 2.74. The van der Waals surface area contributed by atoms with E-state index in [4.69, 9.17) is 5.73 Å². The van der Waals surface area contributed by atoms with Gasteiger partial charge in [0.05, 0.1) is 23.4 Å². The lowest BCUT2D eigenvalue weighted by Crippen LogP contribution is -2.11. The molecule has 0 saturated heterocycles. The number of hydrogen-bond donors (Lipinski definition) is 1. The van der Waals surface area contributed by atoms with Gasteiger partial charge in [0.1, 0.15) is 0 Å². The SMILES string of the molecule is CC(C)(C)c1nc(Cn2cc(N)nn2)cs1. The molecule has 2 rings (SSSR count). The van der Waals surface area contributed by atoms with Crippen molar-refractivity contribution in [1.29, 1.82) is 0 Å². The molecule has 0 fully saturated rings. The summed E-state index contributed by atoms with van der Waals surface area (Å²) in [5.74, 6) is 0.436. The highest BCUT2D eigenvalue weighted by Gasteiger charge is 2.18. The van der Waals surface area contributed by atoms with E-state index >= 15 is 0 Å². The Labute approximate surface area is 98.3 Å². The van der Waals surface area contributed by atoms with Crippen LogP contribution >= 0.6 is 11.3 Å². The lowest BCUT2D eigenvalue weighted by atomic mass is 9.98. The molecule has 0 saturated carbocycles. The highest BCUT2D eigenvalue weighted by molar-refractivity contribution is 7.09. The lowest BCUT2D eigenvalue weighted by Gasteiger charge is -2.13. The van der Waals surface area contributed by atoms with Gasteiger partial charge in [0.15, 0.2) is 5.82 Å². The summed E-state index contributed by atoms with van der Waals surface area (Å²) in [5, 5.41) is 10.8. The Morgan fingerprint density at radius 2 is 2.19 bits per heavy atom. The van der Waals surface area contributed by atoms with Gasteiger partial charge in [-0.2, -0.15) is 0 Å². The summed E-state index contributed by atoms with van der Waals surface area (Å²) in [7, 11) is 0. The fourth-order valence-electron chi connectivity index (χ4n) is 1.28. The van der Waals surface area contributed by atoms with Gasteiger partial charge in [-0.15, -0.1) is 16.4 Å². The van der Waals surface area contributed by atoms with Gasteiger partial charge in [-0.3, -0.25) is 0 Å². The molecule has 0 aliphatic rings. The van der Waals surface area contributed by atoms with Crippen LogP contribution in [0.5, 0.6) is 0 Å². The van der Waals surface area contributed by atoms with Crippen molar-refractivity contribution < 1.29 is 0 Å². The lowest BCUT2D eigenvalue weighted by molar-refractivity contribution is 0.577. The zero-order valence-electron chi connectivity index (χ0n) is 9.64. The Balaban J connectivity index is 2.14. The second-order valence-electron chi connectivity index (χ2n) is 4.73. The summed E-state index contributed by atoms with van der Waals surface area (Å²) in [6, 6.07) is 0. The van der Waals surface area contributed by atoms with Crippen LogP contribution < -0.4 is 5.73 Å². The minimum Gasteiger partial charge on any atom is -0.381 e. The van der Waals surface area contributed by atoms with E-state index in [1.54, 1.807) is 22.2 Å². The summed E-state index contributed by atoms with van der Waals surface area (Å²) in [6.07, 6.45) is 1.70. The molecule has 86 valence electrons. The first-order chi connectivity index (χ1) is 7.45. The zero-order valence-corrected chi connectivity index (χ0v) is 10.5. The van der Waals surface area contributed by atoms with Crippen LogP contribution in [0.3, 0.4) is 0 Å². The Kier molecular flexibility index (Phi) is 2.67. The summed E-state index contributed by atoms with van der Waals surface area (Å²) in [6.45, 7) is 7.09. The van der Waals surface area contributed by atoms with Crippen LogP contribution in [-0.2, 0) is 12.0 Å². The van der Waals surface area contributed by atoms with Crippen molar-refractivity contribution >= 4 is 17.2 Å². The summed E-state index contributed by atoms with van der Waals surface area (Å²) >= 11 is 1.68. The van der Waals surface area contributed by atoms with Crippen LogP contribution in [0.1, 0.15) is 31.5 Å². The quantitative estimate of drug-likeness (QED) is 0.862. The second-order valence-corrected chi connectivity index (χ2v) is 5.59. The van der Waals surface area contributed by atoms with Gasteiger partial charge < -0.3 is 5.73 Å². The van der Waals surface area contributed by atoms with Crippen molar-refractivity contribution in [3.05, 3.63) is 22.3 Å². The van der Waals surface area contributed by atoms with E-state index in [9.17, 15) is 0 Å². The fraction of sp³-hybridized carbons (Fsp3) is 0.500. The Bertz CT molecular complexity index is 479. The number of anilines is 1. The van der Waals surface area contributed by atoms with Crippen LogP contribution in [0.25, 0.3) is 0 Å². The molecule has 2 aromatic rings. The average molecular weight is 237 g/mol. The third-order valence-electron chi connectivity index (χ3n) is 2.07. The van der Waals surface area contributed by atoms with Crippen molar-refractivity contribution in [2.24, 2.45) is 0 Å². The Hall–Kier alpha value is -1.43. The molecule has 0 aliphatic carbocycles. The molecule has 6 heteroatoms. The van der Waals surface area contributed by atoms with Gasteiger partial charge >= 0.3 is 0 Å². The van der Waals surface area contributed by atoms with Crippen LogP contribution in [-0.4, -0.2) is 20.0 Å². The molecule has 0 spiro atoms. The number of thiazole rings is 1. The molecule has 2 N–H and O–H groups in total. The van der Waals surface area contributed by atoms with Crippen molar-refractivity contribution in [2.75, 3.05) is 5.73 Å². The van der Waals surface area contributed by atoms with Crippen molar-refractivity contribution in [1.82, 2.24) is 20.0 Å². The Morgan fingerprint density at radius 3 is 2.69 bits per heavy atom. The summed E-state index contributed by atoms with van der Waals surface area (Å²) < 4.78 is 1.69. The normalized spacial score (nSPS) is 11.9. The molecular weight excluding hydrogens is 222 g/mol. The number of hydrogen-bond acceptors (Lipinski definition) is 5. The molecule has 5 nitrogen and oxygen atoms in total. The number of nitrogen functional groups attached to an aromatic ring is 1. The molecule has 0 radical (unpaired) electrons. The number of aromatic nitrogens is 4. The Morgan fingerprint density at radius 1 is 1.44 bits per heavy atom. The first-order valence-electron chi connectivity index (χ1n) is 5.05. The van der Waals surface area contributed by atoms with Gasteiger partial charge in [0, 0.05) is 10.8 Å². The highest BCUT2D eigenvalue weighted by Crippen LogP contribution is 2.25. The van der Waals surface area contributed by atoms with Gasteiger partial charge in [-0.1, -0.05) is 26.0 Å². The maximum Gasteiger partial charge on any atom is 0.165 e. The van der Waals surface area contributed by atoms with Crippen LogP contribution in [0.15, 0.2) is 11.6 Å². The summed E-state index contributed by atoms with van der Waals surface area (Å²) in [5.41, 5.74) is 6.60. The number of nitrogens with zero attached hydrogens (tertiary/aromatic N) is 4. The van der Waals surface area contributed by atoms with E-state index in [1.807, 2.05) is 0 Å². The van der Waals surface area contributed by atoms with E-state index in [2.05, 4.69) is 41.4 Å². The fourth-order valence-corrected chi connectivity index (χ4v) is 2.18. The molecule has 0 atom stereocenters. The van der Waals surface area contributed by atoms with Gasteiger partial charge in [0.2, 0.25) is 0 Å². The maximum absolute atomic E-state index is 5.49. The van der Waals surface area contributed by atoms with Crippen LogP contribution in [0, 0.1) is 0 Å². The van der Waals surface area contributed by atoms with Gasteiger partial charge in [-0.25, -0.2) is 9.67 Å². The minimum atomic E-state index is 0.101. The van der Waals surface area contributed by atoms with Gasteiger partial charge in [-0.05, 0) is 0 Å². The summed E-state index contributed by atoms with van der Waals surface area (Å²) in [4.78, 5) is 4.58. The second kappa shape index (κ2) is 3.86. The first-order valence-corrected chi connectivity index (χ1v) is 5.93. The molecule has 0 unspecified atom stereocenters. The van der Waals surface area contributed by atoms with E-state index in [0.717, 1.165) is 10.7 Å². The zero-order chi connectivity index (χ0) is 11.8. The molecular formula is C10H15N5S. The largest absolute Gasteiger partial charge is 0.381 e. The standard InChI is InChI=1S/C10H15N5S/c1-10(2,3)9-12-7(6-16-9)4-15-5-8(11)13-14-15/h5-6H,4,11H2,1-3H3. The molecule has 16 heavy (non-hydrogen) atoms. The minimum absolute atomic E-state index is 0.101. The topological polar surface area (TPSA) is 69.6 Å². The molecule has 2 heterocycles. The smallest absolute Gasteiger partial charge is 0.165 e. The van der Waals surface area contributed by atoms with E-state index in [-0.39, 0.29) is 5.41 Å². The predicted molar refractivity (Wildman–Crippen MR) is 64.4 cm³/mol. The highest BCUT2D eigenvalue weighted by atomic mass is 32.1. The van der Waals surface area contributed by atoms with Crippen molar-refractivity contribution in [3.8, 4) is 0 Å². The van der Waals surface area contributed by atoms with Crippen molar-refractivity contribution in [3.63, 3.8) is 0 Å². The van der Waals surface area contributed by atoms with Crippen LogP contribution in [0.2, 0.25) is 0 Å². The van der Waals surface area contributed by atoms with Crippen molar-refractivity contribution in [2.45, 2.75) is 32.7 Å². The van der Waals surface area contributed by atoms with E-state index < -0.39 is 0 Å². The van der Waals surface area contributed by atoms with E-state index in [1.165, 1.54) is 0 Å². The monoisotopic (exact) mass is 237 g/mol. The molecule has 0 aromatic carbocycles.